The van der Waals surface area contributed by atoms with Crippen molar-refractivity contribution in [3.63, 3.8) is 0 Å². The predicted octanol–water partition coefficient (Wildman–Crippen LogP) is 3.47. The van der Waals surface area contributed by atoms with E-state index in [4.69, 9.17) is 18.9 Å². The lowest BCUT2D eigenvalue weighted by Gasteiger charge is -2.21. The largest absolute Gasteiger partial charge is 0.493 e. The van der Waals surface area contributed by atoms with Crippen LogP contribution in [0.5, 0.6) is 23.0 Å². The van der Waals surface area contributed by atoms with Crippen LogP contribution in [0.4, 0.5) is 20.2 Å². The van der Waals surface area contributed by atoms with E-state index in [1.807, 2.05) is 0 Å². The number of benzene rings is 2. The van der Waals surface area contributed by atoms with Gasteiger partial charge in [0.2, 0.25) is 0 Å². The zero-order valence-corrected chi connectivity index (χ0v) is 27.4. The number of carbonyl (C=O) groups is 2. The van der Waals surface area contributed by atoms with Gasteiger partial charge in [-0.2, -0.15) is 0 Å². The van der Waals surface area contributed by atoms with Crippen LogP contribution >= 0.6 is 7.14 Å². The van der Waals surface area contributed by atoms with Gasteiger partial charge in [0.25, 0.3) is 11.8 Å². The molecule has 0 radical (unpaired) electrons. The molecule has 2 fully saturated rings. The summed E-state index contributed by atoms with van der Waals surface area (Å²) in [6, 6.07) is 6.02. The first-order valence-corrected chi connectivity index (χ1v) is 18.1. The van der Waals surface area contributed by atoms with Gasteiger partial charge in [-0.3, -0.25) is 9.59 Å². The zero-order valence-electron chi connectivity index (χ0n) is 26.5. The second-order valence-corrected chi connectivity index (χ2v) is 15.9. The normalized spacial score (nSPS) is 24.4. The molecule has 0 aliphatic carbocycles. The third-order valence-corrected chi connectivity index (χ3v) is 12.4. The zero-order chi connectivity index (χ0) is 33.3. The Morgan fingerprint density at radius 3 is 1.62 bits per heavy atom. The van der Waals surface area contributed by atoms with Crippen LogP contribution in [0, 0.1) is 0 Å². The summed E-state index contributed by atoms with van der Waals surface area (Å²) in [4.78, 5) is 29.4. The van der Waals surface area contributed by atoms with E-state index < -0.39 is 19.5 Å². The topological polar surface area (TPSA) is 139 Å². The first-order valence-electron chi connectivity index (χ1n) is 15.9. The fourth-order valence-corrected chi connectivity index (χ4v) is 8.72. The number of alkyl halides is 2. The maximum absolute atomic E-state index is 14.0. The van der Waals surface area contributed by atoms with Crippen LogP contribution in [0.15, 0.2) is 24.3 Å². The number of hydrogen-bond donors (Lipinski definition) is 3. The molecule has 2 saturated heterocycles. The molecule has 2 amide bonds. The summed E-state index contributed by atoms with van der Waals surface area (Å²) in [6.45, 7) is 0.800. The highest BCUT2D eigenvalue weighted by molar-refractivity contribution is 7.64. The lowest BCUT2D eigenvalue weighted by molar-refractivity contribution is 0.0735. The van der Waals surface area contributed by atoms with Gasteiger partial charge in [0.05, 0.1) is 82.3 Å². The lowest BCUT2D eigenvalue weighted by Crippen LogP contribution is -2.37. The molecule has 0 bridgehead atoms. The molecule has 4 aliphatic rings. The molecule has 47 heavy (non-hydrogen) atoms. The smallest absolute Gasteiger partial charge is 0.256 e. The summed E-state index contributed by atoms with van der Waals surface area (Å²) >= 11 is 0. The van der Waals surface area contributed by atoms with Gasteiger partial charge in [-0.15, -0.1) is 0 Å². The molecular weight excluding hydrogens is 637 g/mol. The van der Waals surface area contributed by atoms with Gasteiger partial charge in [-0.05, 0) is 12.1 Å². The molecule has 12 nitrogen and oxygen atoms in total. The summed E-state index contributed by atoms with van der Waals surface area (Å²) in [6.07, 6.45) is -1.14. The number of halogens is 2. The molecule has 2 aromatic rings. The van der Waals surface area contributed by atoms with Crippen molar-refractivity contribution >= 4 is 30.3 Å². The average molecular weight is 679 g/mol. The molecule has 4 aliphatic heterocycles. The van der Waals surface area contributed by atoms with Crippen molar-refractivity contribution in [1.82, 2.24) is 9.80 Å². The van der Waals surface area contributed by atoms with Crippen LogP contribution < -0.4 is 29.6 Å². The van der Waals surface area contributed by atoms with Gasteiger partial charge in [0, 0.05) is 63.2 Å². The number of aliphatic hydroxyl groups is 1. The summed E-state index contributed by atoms with van der Waals surface area (Å²) in [5.74, 6) is 0.834. The van der Waals surface area contributed by atoms with E-state index in [1.165, 1.54) is 14.2 Å². The average Bonchev–Trinajstić information content (AvgIpc) is 3.56. The number of ether oxygens (including phenoxy) is 4. The summed E-state index contributed by atoms with van der Waals surface area (Å²) in [5.41, 5.74) is 1.85. The van der Waals surface area contributed by atoms with Gasteiger partial charge in [0.1, 0.15) is 12.3 Å². The minimum Gasteiger partial charge on any atom is -0.493 e. The first kappa shape index (κ1) is 33.1. The van der Waals surface area contributed by atoms with Crippen molar-refractivity contribution in [2.45, 2.75) is 37.3 Å². The Hall–Kier alpha value is -3.77. The Kier molecular flexibility index (Phi) is 9.70. The van der Waals surface area contributed by atoms with Crippen molar-refractivity contribution < 1.29 is 47.0 Å². The van der Waals surface area contributed by atoms with Gasteiger partial charge in [0.15, 0.2) is 23.0 Å². The molecule has 2 unspecified atom stereocenters. The number of aliphatic hydroxyl groups excluding tert-OH is 1. The fraction of sp³-hybridized carbons (Fsp3) is 0.562. The monoisotopic (exact) mass is 678 g/mol. The van der Waals surface area contributed by atoms with E-state index in [9.17, 15) is 28.0 Å². The maximum Gasteiger partial charge on any atom is 0.256 e. The number of nitrogens with zero attached hydrogens (tertiary/aromatic N) is 2. The standard InChI is InChI=1S/C32H41F2N4O8P/c1-43-27-11-23-25(35-15-21-9-19(33)17-37(21)31(23)40)13-29(27)45-4-7-47(42,6-3-39)8-5-46-30-14-26-24(12-28(30)44-2)32(41)38-18-20(34)10-22(38)16-36-26/h11-14,19-22,35-36,39H,3-10,15-18H2,1-2H3/t19?,20?,21-,22-,47?/m0/s1. The SMILES string of the molecule is COc1cc2c(cc1OCCP(=O)(CCO)CCOc1cc3c(cc1OC)C(=O)N1CC(F)C[C@H]1CN3)NC[C@@H]1CC(F)CN1C2=O. The summed E-state index contributed by atoms with van der Waals surface area (Å²) in [5, 5.41) is 16.2. The van der Waals surface area contributed by atoms with E-state index in [0.29, 0.717) is 58.6 Å². The second-order valence-electron chi connectivity index (χ2n) is 12.4. The predicted molar refractivity (Wildman–Crippen MR) is 172 cm³/mol. The Labute approximate surface area is 272 Å². The van der Waals surface area contributed by atoms with Crippen LogP contribution in [-0.2, 0) is 4.57 Å². The highest BCUT2D eigenvalue weighted by Gasteiger charge is 2.40. The number of methoxy groups -OCH3 is 2. The van der Waals surface area contributed by atoms with Crippen LogP contribution in [0.2, 0.25) is 0 Å². The van der Waals surface area contributed by atoms with Crippen LogP contribution in [0.25, 0.3) is 0 Å². The number of anilines is 2. The number of carbonyl (C=O) groups excluding carboxylic acids is 2. The molecule has 4 heterocycles. The van der Waals surface area contributed by atoms with Gasteiger partial charge in [-0.1, -0.05) is 0 Å². The number of hydrogen-bond acceptors (Lipinski definition) is 10. The third kappa shape index (κ3) is 6.80. The van der Waals surface area contributed by atoms with Gasteiger partial charge >= 0.3 is 0 Å². The van der Waals surface area contributed by atoms with Crippen molar-refractivity contribution in [1.29, 1.82) is 0 Å². The molecule has 3 N–H and O–H groups in total. The van der Waals surface area contributed by atoms with E-state index >= 15 is 0 Å². The molecule has 2 aromatic carbocycles. The summed E-state index contributed by atoms with van der Waals surface area (Å²) in [7, 11) is -0.0499. The van der Waals surface area contributed by atoms with E-state index in [0.717, 1.165) is 0 Å². The number of rotatable bonds is 12. The molecule has 4 atom stereocenters. The maximum atomic E-state index is 14.0. The Bertz CT molecular complexity index is 1460. The highest BCUT2D eigenvalue weighted by atomic mass is 31.2. The molecule has 6 rings (SSSR count). The molecule has 15 heteroatoms. The highest BCUT2D eigenvalue weighted by Crippen LogP contribution is 2.46. The molecule has 0 aromatic heterocycles. The van der Waals surface area contributed by atoms with E-state index in [1.54, 1.807) is 34.1 Å². The molecule has 0 saturated carbocycles. The van der Waals surface area contributed by atoms with Crippen molar-refractivity contribution in [2.75, 3.05) is 89.3 Å². The number of fused-ring (bicyclic) bond motifs is 4. The van der Waals surface area contributed by atoms with Crippen molar-refractivity contribution in [2.24, 2.45) is 0 Å². The molecular formula is C32H41F2N4O8P. The third-order valence-electron chi connectivity index (χ3n) is 9.39. The Morgan fingerprint density at radius 1 is 0.766 bits per heavy atom. The number of nitrogens with one attached hydrogen (secondary N) is 2. The van der Waals surface area contributed by atoms with E-state index in [2.05, 4.69) is 10.6 Å². The van der Waals surface area contributed by atoms with E-state index in [-0.39, 0.29) is 88.1 Å². The number of amides is 2. The first-order chi connectivity index (χ1) is 22.6. The van der Waals surface area contributed by atoms with Crippen molar-refractivity contribution in [3.05, 3.63) is 35.4 Å². The quantitative estimate of drug-likeness (QED) is 0.286. The lowest BCUT2D eigenvalue weighted by atomic mass is 10.1. The van der Waals surface area contributed by atoms with Crippen LogP contribution in [0.1, 0.15) is 33.6 Å². The second kappa shape index (κ2) is 13.8. The van der Waals surface area contributed by atoms with Crippen LogP contribution in [-0.4, -0.2) is 130 Å². The van der Waals surface area contributed by atoms with Crippen molar-refractivity contribution in [3.8, 4) is 23.0 Å². The fourth-order valence-electron chi connectivity index (χ4n) is 6.84. The van der Waals surface area contributed by atoms with Crippen LogP contribution in [0.3, 0.4) is 0 Å². The molecule has 0 spiro atoms. The summed E-state index contributed by atoms with van der Waals surface area (Å²) < 4.78 is 64.9. The Balaban J connectivity index is 1.09. The minimum atomic E-state index is -2.96. The minimum absolute atomic E-state index is 0.0598. The van der Waals surface area contributed by atoms with Gasteiger partial charge in [-0.25, -0.2) is 8.78 Å². The molecule has 256 valence electrons. The Morgan fingerprint density at radius 2 is 1.21 bits per heavy atom. The van der Waals surface area contributed by atoms with Gasteiger partial charge < -0.3 is 49.1 Å².